The van der Waals surface area contributed by atoms with Gasteiger partial charge in [-0.3, -0.25) is 9.59 Å². The van der Waals surface area contributed by atoms with E-state index in [1.807, 2.05) is 38.2 Å². The van der Waals surface area contributed by atoms with Crippen LogP contribution in [0.4, 0.5) is 0 Å². The van der Waals surface area contributed by atoms with Gasteiger partial charge in [0.05, 0.1) is 10.6 Å². The highest BCUT2D eigenvalue weighted by Crippen LogP contribution is 2.42. The van der Waals surface area contributed by atoms with Gasteiger partial charge in [-0.05, 0) is 37.8 Å². The van der Waals surface area contributed by atoms with Gasteiger partial charge in [0.25, 0.3) is 0 Å². The van der Waals surface area contributed by atoms with Crippen molar-refractivity contribution < 1.29 is 19.8 Å². The Hall–Kier alpha value is -2.33. The average Bonchev–Trinajstić information content (AvgIpc) is 2.66. The Morgan fingerprint density at radius 2 is 1.93 bits per heavy atom. The van der Waals surface area contributed by atoms with E-state index < -0.39 is 0 Å². The summed E-state index contributed by atoms with van der Waals surface area (Å²) in [4.78, 5) is 23.3. The van der Waals surface area contributed by atoms with Crippen molar-refractivity contribution in [2.45, 2.75) is 41.0 Å². The van der Waals surface area contributed by atoms with Crippen molar-refractivity contribution in [3.8, 4) is 11.5 Å². The normalized spacial score (nSPS) is 25.5. The van der Waals surface area contributed by atoms with Crippen LogP contribution in [-0.4, -0.2) is 22.3 Å². The molecule has 0 bridgehead atoms. The van der Waals surface area contributed by atoms with Crippen LogP contribution in [0, 0.1) is 24.2 Å². The largest absolute Gasteiger partial charge is 0.507 e. The fraction of sp³-hybridized carbons (Fsp3) is 0.391. The van der Waals surface area contributed by atoms with E-state index in [1.54, 1.807) is 13.0 Å². The molecule has 2 rings (SSSR count). The third-order valence-corrected chi connectivity index (χ3v) is 6.57. The second-order valence-corrected chi connectivity index (χ2v) is 8.15. The first-order valence-electron chi connectivity index (χ1n) is 9.30. The molecule has 0 saturated heterocycles. The maximum Gasteiger partial charge on any atom is 0.159 e. The summed E-state index contributed by atoms with van der Waals surface area (Å²) in [5, 5.41) is 20.7. The number of hydrogen-bond acceptors (Lipinski definition) is 4. The van der Waals surface area contributed by atoms with Crippen molar-refractivity contribution in [2.24, 2.45) is 17.3 Å². The zero-order valence-electron chi connectivity index (χ0n) is 16.9. The SMILES string of the molecule is CC(C=C[C@@]1(C)[C@H](C)C(=O)C=C[C@@H]1C)=CCc1c(O)c(Cl)c(C)c(C=O)c1O. The number of carbonyl (C=O) groups excluding carboxylic acids is 2. The number of carbonyl (C=O) groups is 2. The summed E-state index contributed by atoms with van der Waals surface area (Å²) in [6.07, 6.45) is 10.2. The number of allylic oxidation sites excluding steroid dienone is 6. The molecule has 0 fully saturated rings. The second-order valence-electron chi connectivity index (χ2n) is 7.77. The monoisotopic (exact) mass is 402 g/mol. The summed E-state index contributed by atoms with van der Waals surface area (Å²) in [5.41, 5.74) is 1.27. The molecule has 2 N–H and O–H groups in total. The number of hydrogen-bond donors (Lipinski definition) is 2. The van der Waals surface area contributed by atoms with Crippen molar-refractivity contribution in [3.05, 3.63) is 57.7 Å². The molecular formula is C23H27ClO4. The first-order valence-corrected chi connectivity index (χ1v) is 9.68. The zero-order valence-corrected chi connectivity index (χ0v) is 17.7. The highest BCUT2D eigenvalue weighted by Gasteiger charge is 2.39. The summed E-state index contributed by atoms with van der Waals surface area (Å²) in [7, 11) is 0. The molecule has 28 heavy (non-hydrogen) atoms. The highest BCUT2D eigenvalue weighted by atomic mass is 35.5. The fourth-order valence-corrected chi connectivity index (χ4v) is 3.66. The number of halogens is 1. The van der Waals surface area contributed by atoms with E-state index in [0.29, 0.717) is 11.8 Å². The van der Waals surface area contributed by atoms with Gasteiger partial charge in [-0.25, -0.2) is 0 Å². The summed E-state index contributed by atoms with van der Waals surface area (Å²) in [6.45, 7) is 9.58. The lowest BCUT2D eigenvalue weighted by atomic mass is 9.64. The van der Waals surface area contributed by atoms with Gasteiger partial charge in [0.2, 0.25) is 0 Å². The van der Waals surface area contributed by atoms with E-state index in [2.05, 4.69) is 13.8 Å². The van der Waals surface area contributed by atoms with Crippen LogP contribution in [-0.2, 0) is 11.2 Å². The van der Waals surface area contributed by atoms with Crippen LogP contribution in [0.1, 0.15) is 49.2 Å². The predicted octanol–water partition coefficient (Wildman–Crippen LogP) is 5.33. The molecule has 1 aliphatic rings. The Morgan fingerprint density at radius 3 is 2.54 bits per heavy atom. The zero-order chi connectivity index (χ0) is 21.2. The first-order chi connectivity index (χ1) is 13.0. The second kappa shape index (κ2) is 8.36. The van der Waals surface area contributed by atoms with Crippen LogP contribution in [0.5, 0.6) is 11.5 Å². The van der Waals surface area contributed by atoms with E-state index in [4.69, 9.17) is 11.6 Å². The van der Waals surface area contributed by atoms with Crippen LogP contribution in [0.15, 0.2) is 36.0 Å². The molecule has 1 aromatic carbocycles. The molecule has 150 valence electrons. The Bertz CT molecular complexity index is 895. The molecule has 0 heterocycles. The molecule has 0 aromatic heterocycles. The van der Waals surface area contributed by atoms with E-state index in [9.17, 15) is 19.8 Å². The third kappa shape index (κ3) is 3.93. The summed E-state index contributed by atoms with van der Waals surface area (Å²) >= 11 is 6.09. The average molecular weight is 403 g/mol. The van der Waals surface area contributed by atoms with Crippen molar-refractivity contribution in [1.82, 2.24) is 0 Å². The van der Waals surface area contributed by atoms with Crippen molar-refractivity contribution in [2.75, 3.05) is 0 Å². The molecule has 0 spiro atoms. The van der Waals surface area contributed by atoms with E-state index in [0.717, 1.165) is 5.57 Å². The Kier molecular flexibility index (Phi) is 6.56. The molecule has 0 radical (unpaired) electrons. The van der Waals surface area contributed by atoms with Gasteiger partial charge in [-0.2, -0.15) is 0 Å². The summed E-state index contributed by atoms with van der Waals surface area (Å²) < 4.78 is 0. The maximum absolute atomic E-state index is 12.1. The molecule has 0 aliphatic heterocycles. The smallest absolute Gasteiger partial charge is 0.159 e. The lowest BCUT2D eigenvalue weighted by molar-refractivity contribution is -0.121. The lowest BCUT2D eigenvalue weighted by Crippen LogP contribution is -2.37. The van der Waals surface area contributed by atoms with Gasteiger partial charge >= 0.3 is 0 Å². The van der Waals surface area contributed by atoms with Gasteiger partial charge in [-0.1, -0.05) is 62.2 Å². The van der Waals surface area contributed by atoms with Crippen molar-refractivity contribution >= 4 is 23.7 Å². The molecular weight excluding hydrogens is 376 g/mol. The summed E-state index contributed by atoms with van der Waals surface area (Å²) in [5.74, 6) is -0.233. The molecule has 0 amide bonds. The number of aromatic hydroxyl groups is 2. The van der Waals surface area contributed by atoms with Gasteiger partial charge in [0.15, 0.2) is 12.1 Å². The van der Waals surface area contributed by atoms with E-state index >= 15 is 0 Å². The Labute approximate surface area is 171 Å². The van der Waals surface area contributed by atoms with Crippen LogP contribution < -0.4 is 0 Å². The summed E-state index contributed by atoms with van der Waals surface area (Å²) in [6, 6.07) is 0. The van der Waals surface area contributed by atoms with Crippen LogP contribution >= 0.6 is 11.6 Å². The lowest BCUT2D eigenvalue weighted by Gasteiger charge is -2.38. The predicted molar refractivity (Wildman–Crippen MR) is 112 cm³/mol. The third-order valence-electron chi connectivity index (χ3n) is 6.11. The minimum atomic E-state index is -0.289. The highest BCUT2D eigenvalue weighted by molar-refractivity contribution is 6.33. The van der Waals surface area contributed by atoms with Gasteiger partial charge in [-0.15, -0.1) is 0 Å². The minimum Gasteiger partial charge on any atom is -0.507 e. The Morgan fingerprint density at radius 1 is 1.29 bits per heavy atom. The first kappa shape index (κ1) is 22.0. The Balaban J connectivity index is 2.30. The maximum atomic E-state index is 12.1. The minimum absolute atomic E-state index is 0.0687. The number of rotatable bonds is 5. The number of ketones is 1. The van der Waals surface area contributed by atoms with Crippen molar-refractivity contribution in [3.63, 3.8) is 0 Å². The molecule has 5 heteroatoms. The van der Waals surface area contributed by atoms with Crippen LogP contribution in [0.3, 0.4) is 0 Å². The number of phenolic OH excluding ortho intramolecular Hbond substituents is 2. The number of benzene rings is 1. The molecule has 4 nitrogen and oxygen atoms in total. The number of phenols is 2. The fourth-order valence-electron chi connectivity index (χ4n) is 3.45. The van der Waals surface area contributed by atoms with E-state index in [1.165, 1.54) is 0 Å². The van der Waals surface area contributed by atoms with Gasteiger partial charge < -0.3 is 10.2 Å². The molecule has 1 aromatic rings. The topological polar surface area (TPSA) is 74.6 Å². The van der Waals surface area contributed by atoms with Gasteiger partial charge in [0, 0.05) is 16.9 Å². The molecule has 0 unspecified atom stereocenters. The van der Waals surface area contributed by atoms with Crippen LogP contribution in [0.2, 0.25) is 5.02 Å². The van der Waals surface area contributed by atoms with Gasteiger partial charge in [0.1, 0.15) is 11.5 Å². The van der Waals surface area contributed by atoms with Crippen molar-refractivity contribution in [1.29, 1.82) is 0 Å². The molecule has 0 saturated carbocycles. The quantitative estimate of drug-likeness (QED) is 0.515. The van der Waals surface area contributed by atoms with E-state index in [-0.39, 0.29) is 57.1 Å². The molecule has 1 aliphatic carbocycles. The van der Waals surface area contributed by atoms with Crippen LogP contribution in [0.25, 0.3) is 0 Å². The number of aldehydes is 1. The molecule has 3 atom stereocenters. The standard InChI is InChI=1S/C23H27ClO4/c1-13(10-11-23(5)14(2)7-9-19(26)16(23)4)6-8-17-21(27)18(12-25)15(3)20(24)22(17)28/h6-7,9-12,14,16,27-28H,8H2,1-5H3/t14-,16+,23+/m0/s1.